The summed E-state index contributed by atoms with van der Waals surface area (Å²) in [5.41, 5.74) is 0. The first-order valence-corrected chi connectivity index (χ1v) is 13.8. The van der Waals surface area contributed by atoms with E-state index in [-0.39, 0.29) is 0 Å². The highest BCUT2D eigenvalue weighted by Crippen LogP contribution is 2.23. The maximum Gasteiger partial charge on any atom is 0.337 e. The number of carbonyl (C=O) groups is 2. The van der Waals surface area contributed by atoms with Crippen molar-refractivity contribution in [1.29, 1.82) is 0 Å². The summed E-state index contributed by atoms with van der Waals surface area (Å²) in [6, 6.07) is 0. The third-order valence-corrected chi connectivity index (χ3v) is 5.92. The molecule has 0 aromatic carbocycles. The van der Waals surface area contributed by atoms with Gasteiger partial charge in [-0.05, 0) is 57.8 Å². The summed E-state index contributed by atoms with van der Waals surface area (Å²) in [4.78, 5) is 23.6. The molecule has 0 spiro atoms. The van der Waals surface area contributed by atoms with Crippen LogP contribution in [0.15, 0.2) is 60.8 Å². The molecular weight excluding hydrogens is 504 g/mol. The van der Waals surface area contributed by atoms with Gasteiger partial charge < -0.3 is 34.6 Å². The van der Waals surface area contributed by atoms with Crippen molar-refractivity contribution < 1.29 is 44.2 Å². The average Bonchev–Trinajstić information content (AvgIpc) is 2.92. The Morgan fingerprint density at radius 1 is 0.769 bits per heavy atom. The monoisotopic (exact) mass is 550 g/mol. The molecule has 9 heteroatoms. The molecule has 1 heterocycles. The molecule has 1 rings (SSSR count). The number of allylic oxidation sites excluding steroid dienone is 10. The van der Waals surface area contributed by atoms with E-state index in [0.29, 0.717) is 13.0 Å². The summed E-state index contributed by atoms with van der Waals surface area (Å²) in [7, 11) is 0. The van der Waals surface area contributed by atoms with Gasteiger partial charge >= 0.3 is 11.9 Å². The lowest BCUT2D eigenvalue weighted by Crippen LogP contribution is -2.61. The zero-order valence-electron chi connectivity index (χ0n) is 23.1. The summed E-state index contributed by atoms with van der Waals surface area (Å²) in [6.45, 7) is 4.18. The Morgan fingerprint density at radius 3 is 1.82 bits per heavy atom. The van der Waals surface area contributed by atoms with Crippen molar-refractivity contribution in [2.75, 3.05) is 6.61 Å². The van der Waals surface area contributed by atoms with Gasteiger partial charge in [-0.1, -0.05) is 74.6 Å². The fourth-order valence-electron chi connectivity index (χ4n) is 3.65. The Labute approximate surface area is 232 Å². The Hall–Kier alpha value is -2.56. The second kappa shape index (κ2) is 21.3. The van der Waals surface area contributed by atoms with Gasteiger partial charge in [0.2, 0.25) is 6.29 Å². The summed E-state index contributed by atoms with van der Waals surface area (Å²) in [6.07, 6.45) is 19.2. The number of ether oxygens (including phenoxy) is 3. The van der Waals surface area contributed by atoms with E-state index in [1.54, 1.807) is 6.92 Å². The molecule has 0 aliphatic carbocycles. The Balaban J connectivity index is 2.19. The van der Waals surface area contributed by atoms with Crippen molar-refractivity contribution >= 4 is 11.9 Å². The Kier molecular flexibility index (Phi) is 18.8. The predicted molar refractivity (Wildman–Crippen MR) is 149 cm³/mol. The fourth-order valence-corrected chi connectivity index (χ4v) is 3.65. The smallest absolute Gasteiger partial charge is 0.337 e. The molecule has 220 valence electrons. The Morgan fingerprint density at radius 2 is 1.31 bits per heavy atom. The number of esters is 1. The number of aliphatic carboxylic acids is 1. The van der Waals surface area contributed by atoms with Crippen LogP contribution in [0.3, 0.4) is 0 Å². The van der Waals surface area contributed by atoms with E-state index in [4.69, 9.17) is 19.3 Å². The minimum atomic E-state index is -1.85. The number of aliphatic hydroxyl groups is 3. The van der Waals surface area contributed by atoms with Gasteiger partial charge in [-0.3, -0.25) is 0 Å². The topological polar surface area (TPSA) is 143 Å². The fraction of sp³-hybridized carbons (Fsp3) is 0.600. The molecule has 1 fully saturated rings. The second-order valence-electron chi connectivity index (χ2n) is 9.14. The first kappa shape index (κ1) is 34.5. The minimum Gasteiger partial charge on any atom is -0.479 e. The van der Waals surface area contributed by atoms with Crippen LogP contribution >= 0.6 is 0 Å². The number of carbonyl (C=O) groups excluding carboxylic acids is 1. The van der Waals surface area contributed by atoms with Crippen molar-refractivity contribution in [2.24, 2.45) is 0 Å². The van der Waals surface area contributed by atoms with E-state index < -0.39 is 48.7 Å². The highest BCUT2D eigenvalue weighted by molar-refractivity contribution is 5.75. The molecule has 0 aromatic heterocycles. The second-order valence-corrected chi connectivity index (χ2v) is 9.14. The van der Waals surface area contributed by atoms with Crippen molar-refractivity contribution in [2.45, 2.75) is 108 Å². The molecule has 1 aliphatic rings. The minimum absolute atomic E-state index is 0.296. The molecule has 0 amide bonds. The number of unbranched alkanes of at least 4 members (excludes halogenated alkanes) is 2. The number of carboxylic acids is 1. The highest BCUT2D eigenvalue weighted by Gasteiger charge is 2.48. The van der Waals surface area contributed by atoms with Crippen LogP contribution in [0, 0.1) is 0 Å². The zero-order chi connectivity index (χ0) is 28.9. The van der Waals surface area contributed by atoms with Gasteiger partial charge in [0.25, 0.3) is 0 Å². The van der Waals surface area contributed by atoms with E-state index in [9.17, 15) is 24.9 Å². The van der Waals surface area contributed by atoms with Crippen LogP contribution in [-0.4, -0.2) is 75.8 Å². The first-order chi connectivity index (χ1) is 18.8. The summed E-state index contributed by atoms with van der Waals surface area (Å²) < 4.78 is 15.6. The van der Waals surface area contributed by atoms with Gasteiger partial charge in [-0.2, -0.15) is 0 Å². The van der Waals surface area contributed by atoms with E-state index in [0.717, 1.165) is 51.4 Å². The van der Waals surface area contributed by atoms with Gasteiger partial charge in [0.1, 0.15) is 18.3 Å². The average molecular weight is 551 g/mol. The standard InChI is InChI=1S/C30H46O9/c1-3-5-6-7-8-9-10-11-12-13-14-15-16-17-18-19-20-21-22-37-23(4-2)29(36)39-30-26(33)24(31)25(32)27(38-30)28(34)35/h5-6,8-9,11-12,14-15,17-18,23-27,30-33H,3-4,7,10,13,16,19-22H2,1-2H3,(H,34,35)/b6-5-,9-8-,12-11-,15-14-,18-17-. The van der Waals surface area contributed by atoms with Crippen molar-refractivity contribution in [3.05, 3.63) is 60.8 Å². The lowest BCUT2D eigenvalue weighted by Gasteiger charge is -2.38. The number of hydrogen-bond donors (Lipinski definition) is 4. The number of hydrogen-bond acceptors (Lipinski definition) is 8. The third-order valence-electron chi connectivity index (χ3n) is 5.92. The third kappa shape index (κ3) is 14.4. The van der Waals surface area contributed by atoms with E-state index >= 15 is 0 Å². The molecule has 0 radical (unpaired) electrons. The van der Waals surface area contributed by atoms with Crippen LogP contribution < -0.4 is 0 Å². The molecule has 1 saturated heterocycles. The lowest BCUT2D eigenvalue weighted by atomic mass is 9.99. The van der Waals surface area contributed by atoms with Crippen molar-refractivity contribution in [3.63, 3.8) is 0 Å². The Bertz CT molecular complexity index is 830. The normalized spacial score (nSPS) is 25.0. The number of aliphatic hydroxyl groups excluding tert-OH is 3. The molecule has 1 aliphatic heterocycles. The zero-order valence-corrected chi connectivity index (χ0v) is 23.1. The molecule has 0 saturated carbocycles. The maximum atomic E-state index is 12.4. The number of carboxylic acid groups (broad SMARTS) is 1. The molecule has 9 nitrogen and oxygen atoms in total. The van der Waals surface area contributed by atoms with Crippen LogP contribution in [0.1, 0.15) is 71.6 Å². The summed E-state index contributed by atoms with van der Waals surface area (Å²) >= 11 is 0. The number of rotatable bonds is 19. The maximum absolute atomic E-state index is 12.4. The van der Waals surface area contributed by atoms with Crippen LogP contribution in [0.25, 0.3) is 0 Å². The quantitative estimate of drug-likeness (QED) is 0.106. The van der Waals surface area contributed by atoms with Gasteiger partial charge in [0.05, 0.1) is 0 Å². The van der Waals surface area contributed by atoms with Gasteiger partial charge in [-0.15, -0.1) is 0 Å². The molecule has 0 bridgehead atoms. The van der Waals surface area contributed by atoms with Crippen molar-refractivity contribution in [3.8, 4) is 0 Å². The highest BCUT2D eigenvalue weighted by atomic mass is 16.7. The predicted octanol–water partition coefficient (Wildman–Crippen LogP) is 4.14. The van der Waals surface area contributed by atoms with Crippen LogP contribution in [-0.2, 0) is 23.8 Å². The first-order valence-electron chi connectivity index (χ1n) is 13.8. The molecule has 0 aromatic rings. The molecule has 4 N–H and O–H groups in total. The summed E-state index contributed by atoms with van der Waals surface area (Å²) in [5.74, 6) is -2.39. The van der Waals surface area contributed by atoms with E-state index in [2.05, 4.69) is 67.7 Å². The molecule has 39 heavy (non-hydrogen) atoms. The lowest BCUT2D eigenvalue weighted by molar-refractivity contribution is -0.288. The largest absolute Gasteiger partial charge is 0.479 e. The van der Waals surface area contributed by atoms with Gasteiger partial charge in [-0.25, -0.2) is 9.59 Å². The van der Waals surface area contributed by atoms with Crippen molar-refractivity contribution in [1.82, 2.24) is 0 Å². The van der Waals surface area contributed by atoms with E-state index in [1.807, 2.05) is 0 Å². The molecular formula is C30H46O9. The van der Waals surface area contributed by atoms with Gasteiger partial charge in [0.15, 0.2) is 12.2 Å². The molecule has 6 atom stereocenters. The molecule has 6 unspecified atom stereocenters. The van der Waals surface area contributed by atoms with Crippen LogP contribution in [0.5, 0.6) is 0 Å². The van der Waals surface area contributed by atoms with E-state index in [1.165, 1.54) is 0 Å². The van der Waals surface area contributed by atoms with Crippen LogP contribution in [0.2, 0.25) is 0 Å². The SMILES string of the molecule is CC/C=C\C/C=C\C/C=C\C/C=C\C/C=C\CCCCOC(CC)C(=O)OC1OC(C(=O)O)C(O)C(O)C1O. The summed E-state index contributed by atoms with van der Waals surface area (Å²) in [5, 5.41) is 38.6. The van der Waals surface area contributed by atoms with Gasteiger partial charge in [0, 0.05) is 6.61 Å². The van der Waals surface area contributed by atoms with Crippen LogP contribution in [0.4, 0.5) is 0 Å².